The standard InChI is InChI=1S/C43H48FN7O10/c1-6-43(58)28-13-32-37-26(15-51(32)40(55)27(28)17-60-41(43)56)35-30(12-11-25-21(4)29(44)14-31(50-37)34(25)35)49-33(52)18-59-19-46-42(57)61-16-23-7-9-24(10-8-23)48-38(53)22(5)47-39(54)36(45)20(2)3/h7-10,13-14,20,22,30,36,58H,6,11-12,15-19,45H2,1-5H3,(H,46,57)(H,47,54)(H,48,53)(H,49,52)/t22-,30-,36-,43-/m0/s1. The molecule has 3 aliphatic rings. The number of nitrogens with one attached hydrogen (secondary N) is 4. The van der Waals surface area contributed by atoms with Crippen molar-refractivity contribution >= 4 is 46.4 Å². The predicted octanol–water partition coefficient (Wildman–Crippen LogP) is 2.96. The van der Waals surface area contributed by atoms with Crippen LogP contribution in [-0.2, 0) is 65.2 Å². The van der Waals surface area contributed by atoms with Gasteiger partial charge in [-0.3, -0.25) is 24.5 Å². The Hall–Kier alpha value is -6.24. The third-order valence-corrected chi connectivity index (χ3v) is 11.6. The summed E-state index contributed by atoms with van der Waals surface area (Å²) >= 11 is 0. The van der Waals surface area contributed by atoms with Crippen LogP contribution < -0.4 is 32.6 Å². The number of ether oxygens (including phenoxy) is 3. The lowest BCUT2D eigenvalue weighted by Gasteiger charge is -2.31. The number of pyridine rings is 2. The Morgan fingerprint density at radius 1 is 1.08 bits per heavy atom. The van der Waals surface area contributed by atoms with Gasteiger partial charge in [0.05, 0.1) is 41.1 Å². The highest BCUT2D eigenvalue weighted by atomic mass is 19.1. The molecular formula is C43H48FN7O10. The van der Waals surface area contributed by atoms with Gasteiger partial charge in [-0.1, -0.05) is 32.9 Å². The summed E-state index contributed by atoms with van der Waals surface area (Å²) in [6.07, 6.45) is 0.0376. The minimum atomic E-state index is -2.02. The van der Waals surface area contributed by atoms with E-state index in [1.807, 2.05) is 13.8 Å². The van der Waals surface area contributed by atoms with E-state index in [2.05, 4.69) is 21.3 Å². The van der Waals surface area contributed by atoms with Crippen molar-refractivity contribution in [3.63, 3.8) is 0 Å². The van der Waals surface area contributed by atoms with Crippen molar-refractivity contribution < 1.29 is 47.7 Å². The first-order chi connectivity index (χ1) is 29.0. The summed E-state index contributed by atoms with van der Waals surface area (Å²) in [6.45, 7) is 7.43. The molecule has 0 saturated heterocycles. The molecule has 0 fully saturated rings. The van der Waals surface area contributed by atoms with E-state index in [9.17, 15) is 33.9 Å². The van der Waals surface area contributed by atoms with Crippen molar-refractivity contribution in [1.29, 1.82) is 0 Å². The SMILES string of the molecule is CC[C@@]1(O)C(=O)OCc2c1cc1n(c2=O)Cc2c-1nc1cc(F)c(C)c3c1c2[C@@H](NC(=O)COCNC(=O)OCc1ccc(NC(=O)[C@H](C)NC(=O)[C@@H](N)C(C)C)cc1)CC3. The van der Waals surface area contributed by atoms with E-state index < -0.39 is 71.5 Å². The van der Waals surface area contributed by atoms with Crippen molar-refractivity contribution in [2.45, 2.75) is 97.4 Å². The van der Waals surface area contributed by atoms with Gasteiger partial charge >= 0.3 is 12.1 Å². The molecule has 7 rings (SSSR count). The number of carbonyl (C=O) groups excluding carboxylic acids is 5. The fourth-order valence-corrected chi connectivity index (χ4v) is 8.00. The molecule has 0 unspecified atom stereocenters. The average Bonchev–Trinajstić information content (AvgIpc) is 3.61. The Balaban J connectivity index is 0.959. The predicted molar refractivity (Wildman–Crippen MR) is 218 cm³/mol. The van der Waals surface area contributed by atoms with Gasteiger partial charge in [0.15, 0.2) is 5.60 Å². The molecule has 2 aromatic heterocycles. The van der Waals surface area contributed by atoms with E-state index in [4.69, 9.17) is 24.9 Å². The van der Waals surface area contributed by atoms with Gasteiger partial charge in [0.1, 0.15) is 38.4 Å². The minimum Gasteiger partial charge on any atom is -0.458 e. The number of nitrogens with zero attached hydrogens (tertiary/aromatic N) is 2. The quantitative estimate of drug-likeness (QED) is 0.0570. The highest BCUT2D eigenvalue weighted by molar-refractivity contribution is 5.98. The third kappa shape index (κ3) is 8.17. The summed E-state index contributed by atoms with van der Waals surface area (Å²) in [7, 11) is 0. The monoisotopic (exact) mass is 841 g/mol. The zero-order valence-corrected chi connectivity index (χ0v) is 34.4. The van der Waals surface area contributed by atoms with Crippen LogP contribution in [0.2, 0.25) is 0 Å². The second kappa shape index (κ2) is 17.0. The van der Waals surface area contributed by atoms with Crippen LogP contribution in [-0.4, -0.2) is 69.9 Å². The molecule has 2 aromatic carbocycles. The summed E-state index contributed by atoms with van der Waals surface area (Å²) in [5, 5.41) is 22.7. The van der Waals surface area contributed by atoms with Crippen LogP contribution in [0.3, 0.4) is 0 Å². The maximum absolute atomic E-state index is 15.3. The molecule has 0 saturated carbocycles. The maximum atomic E-state index is 15.3. The molecule has 1 aliphatic carbocycles. The lowest BCUT2D eigenvalue weighted by Crippen LogP contribution is -2.50. The molecule has 4 atom stereocenters. The number of cyclic esters (lactones) is 1. The Kier molecular flexibility index (Phi) is 12.0. The van der Waals surface area contributed by atoms with Gasteiger partial charge < -0.3 is 45.6 Å². The molecule has 7 N–H and O–H groups in total. The number of benzene rings is 2. The van der Waals surface area contributed by atoms with E-state index in [0.717, 1.165) is 5.56 Å². The number of amides is 4. The molecule has 17 nitrogen and oxygen atoms in total. The Bertz CT molecular complexity index is 2520. The molecule has 4 heterocycles. The number of esters is 1. The molecule has 4 amide bonds. The molecule has 61 heavy (non-hydrogen) atoms. The van der Waals surface area contributed by atoms with Crippen LogP contribution in [0.25, 0.3) is 22.3 Å². The van der Waals surface area contributed by atoms with Gasteiger partial charge in [-0.25, -0.2) is 19.0 Å². The van der Waals surface area contributed by atoms with Crippen LogP contribution in [0.5, 0.6) is 0 Å². The number of fused-ring (bicyclic) bond motifs is 5. The molecular weight excluding hydrogens is 794 g/mol. The number of anilines is 1. The molecule has 18 heteroatoms. The van der Waals surface area contributed by atoms with Crippen molar-refractivity contribution in [3.05, 3.63) is 91.5 Å². The summed E-state index contributed by atoms with van der Waals surface area (Å²) < 4.78 is 32.6. The molecule has 322 valence electrons. The lowest BCUT2D eigenvalue weighted by molar-refractivity contribution is -0.172. The number of aliphatic hydroxyl groups is 1. The van der Waals surface area contributed by atoms with Gasteiger partial charge in [0, 0.05) is 28.3 Å². The molecule has 0 spiro atoms. The summed E-state index contributed by atoms with van der Waals surface area (Å²) in [4.78, 5) is 81.8. The van der Waals surface area contributed by atoms with Crippen LogP contribution in [0.1, 0.15) is 85.5 Å². The number of aromatic nitrogens is 2. The number of alkyl carbamates (subject to hydrolysis) is 1. The summed E-state index contributed by atoms with van der Waals surface area (Å²) in [6, 6.07) is 7.35. The van der Waals surface area contributed by atoms with E-state index in [1.54, 1.807) is 51.1 Å². The Morgan fingerprint density at radius 2 is 1.82 bits per heavy atom. The first kappa shape index (κ1) is 42.9. The maximum Gasteiger partial charge on any atom is 0.409 e. The van der Waals surface area contributed by atoms with Crippen LogP contribution in [0.15, 0.2) is 41.2 Å². The number of hydrogen-bond acceptors (Lipinski definition) is 12. The fraction of sp³-hybridized carbons (Fsp3) is 0.419. The zero-order chi connectivity index (χ0) is 43.9. The molecule has 0 bridgehead atoms. The second-order valence-corrected chi connectivity index (χ2v) is 15.9. The fourth-order valence-electron chi connectivity index (χ4n) is 8.00. The van der Waals surface area contributed by atoms with Crippen molar-refractivity contribution in [2.24, 2.45) is 11.7 Å². The van der Waals surface area contributed by atoms with Crippen molar-refractivity contribution in [2.75, 3.05) is 18.7 Å². The minimum absolute atomic E-state index is 0.0238. The normalized spacial score (nSPS) is 18.3. The van der Waals surface area contributed by atoms with Crippen LogP contribution in [0, 0.1) is 18.7 Å². The Labute approximate surface area is 349 Å². The number of halogens is 1. The highest BCUT2D eigenvalue weighted by Crippen LogP contribution is 2.46. The van der Waals surface area contributed by atoms with Gasteiger partial charge in [-0.15, -0.1) is 0 Å². The molecule has 4 aromatic rings. The topological polar surface area (TPSA) is 242 Å². The van der Waals surface area contributed by atoms with Crippen LogP contribution in [0.4, 0.5) is 14.9 Å². The number of carbonyl (C=O) groups is 5. The van der Waals surface area contributed by atoms with Crippen molar-refractivity contribution in [1.82, 2.24) is 25.5 Å². The van der Waals surface area contributed by atoms with Crippen molar-refractivity contribution in [3.8, 4) is 11.4 Å². The summed E-state index contributed by atoms with van der Waals surface area (Å²) in [5.41, 5.74) is 8.47. The van der Waals surface area contributed by atoms with E-state index in [0.29, 0.717) is 63.1 Å². The first-order valence-electron chi connectivity index (χ1n) is 20.1. The Morgan fingerprint density at radius 3 is 2.52 bits per heavy atom. The average molecular weight is 842 g/mol. The summed E-state index contributed by atoms with van der Waals surface area (Å²) in [5.74, 6) is -2.71. The molecule has 2 aliphatic heterocycles. The number of rotatable bonds is 13. The van der Waals surface area contributed by atoms with Gasteiger partial charge in [0.25, 0.3) is 5.56 Å². The number of nitrogens with two attached hydrogens (primary N) is 1. The number of hydrogen-bond donors (Lipinski definition) is 6. The first-order valence-corrected chi connectivity index (χ1v) is 20.1. The van der Waals surface area contributed by atoms with Crippen LogP contribution >= 0.6 is 0 Å². The van der Waals surface area contributed by atoms with E-state index in [-0.39, 0.29) is 50.0 Å². The van der Waals surface area contributed by atoms with Gasteiger partial charge in [0.2, 0.25) is 17.7 Å². The van der Waals surface area contributed by atoms with E-state index in [1.165, 1.54) is 10.6 Å². The largest absolute Gasteiger partial charge is 0.458 e. The zero-order valence-electron chi connectivity index (χ0n) is 34.4. The number of aryl methyl sites for hydroxylation is 1. The lowest BCUT2D eigenvalue weighted by atomic mass is 9.81. The second-order valence-electron chi connectivity index (χ2n) is 15.9. The van der Waals surface area contributed by atoms with E-state index >= 15 is 4.39 Å². The smallest absolute Gasteiger partial charge is 0.409 e. The van der Waals surface area contributed by atoms with Gasteiger partial charge in [-0.2, -0.15) is 0 Å². The molecule has 0 radical (unpaired) electrons. The van der Waals surface area contributed by atoms with Gasteiger partial charge in [-0.05, 0) is 79.5 Å². The highest BCUT2D eigenvalue weighted by Gasteiger charge is 2.46. The third-order valence-electron chi connectivity index (χ3n) is 11.6.